The highest BCUT2D eigenvalue weighted by atomic mass is 16.5. The molecule has 1 aromatic carbocycles. The fourth-order valence-electron chi connectivity index (χ4n) is 2.00. The lowest BCUT2D eigenvalue weighted by molar-refractivity contribution is 0.0982. The molecule has 0 heterocycles. The third-order valence-corrected chi connectivity index (χ3v) is 3.16. The van der Waals surface area contributed by atoms with E-state index in [9.17, 15) is 0 Å². The van der Waals surface area contributed by atoms with Crippen molar-refractivity contribution in [2.45, 2.75) is 33.4 Å². The van der Waals surface area contributed by atoms with Crippen LogP contribution in [0.3, 0.4) is 0 Å². The lowest BCUT2D eigenvalue weighted by atomic mass is 10.1. The van der Waals surface area contributed by atoms with E-state index in [1.807, 2.05) is 13.0 Å². The van der Waals surface area contributed by atoms with Crippen molar-refractivity contribution in [3.05, 3.63) is 29.3 Å². The monoisotopic (exact) mass is 236 g/mol. The second-order valence-corrected chi connectivity index (χ2v) is 4.56. The Balaban J connectivity index is 2.70. The number of methoxy groups -OCH3 is 1. The number of aryl methyl sites for hydroxylation is 1. The fourth-order valence-corrected chi connectivity index (χ4v) is 2.00. The van der Waals surface area contributed by atoms with Gasteiger partial charge in [0, 0.05) is 25.4 Å². The van der Waals surface area contributed by atoms with E-state index in [2.05, 4.69) is 30.9 Å². The van der Waals surface area contributed by atoms with Crippen LogP contribution in [0.4, 0.5) is 5.69 Å². The van der Waals surface area contributed by atoms with Gasteiger partial charge in [-0.2, -0.15) is 0 Å². The minimum atomic E-state index is 0.433. The van der Waals surface area contributed by atoms with Crippen molar-refractivity contribution < 1.29 is 4.74 Å². The first kappa shape index (κ1) is 14.0. The summed E-state index contributed by atoms with van der Waals surface area (Å²) in [7, 11) is 1.75. The van der Waals surface area contributed by atoms with Gasteiger partial charge in [-0.25, -0.2) is 0 Å². The number of ether oxygens (including phenoxy) is 1. The van der Waals surface area contributed by atoms with Crippen LogP contribution in [-0.4, -0.2) is 31.2 Å². The van der Waals surface area contributed by atoms with Gasteiger partial charge >= 0.3 is 0 Å². The third kappa shape index (κ3) is 4.02. The highest BCUT2D eigenvalue weighted by Crippen LogP contribution is 2.15. The van der Waals surface area contributed by atoms with Gasteiger partial charge in [-0.1, -0.05) is 19.1 Å². The Morgan fingerprint density at radius 2 is 2.12 bits per heavy atom. The Morgan fingerprint density at radius 3 is 2.65 bits per heavy atom. The molecule has 0 aliphatic carbocycles. The summed E-state index contributed by atoms with van der Waals surface area (Å²) in [5.74, 6) is 0. The fraction of sp³-hybridized carbons (Fsp3) is 0.571. The first-order valence-corrected chi connectivity index (χ1v) is 6.16. The molecule has 0 saturated carbocycles. The van der Waals surface area contributed by atoms with Crippen molar-refractivity contribution in [1.82, 2.24) is 4.90 Å². The smallest absolute Gasteiger partial charge is 0.0615 e. The summed E-state index contributed by atoms with van der Waals surface area (Å²) in [6.07, 6.45) is 0. The summed E-state index contributed by atoms with van der Waals surface area (Å²) in [4.78, 5) is 2.40. The lowest BCUT2D eigenvalue weighted by Crippen LogP contribution is -2.35. The van der Waals surface area contributed by atoms with E-state index in [-0.39, 0.29) is 0 Å². The number of likely N-dealkylation sites (N-methyl/N-ethyl adjacent to an activating group) is 1. The molecule has 0 amide bonds. The van der Waals surface area contributed by atoms with Crippen molar-refractivity contribution in [3.8, 4) is 0 Å². The summed E-state index contributed by atoms with van der Waals surface area (Å²) in [5.41, 5.74) is 9.15. The largest absolute Gasteiger partial charge is 0.399 e. The number of hydrogen-bond donors (Lipinski definition) is 1. The number of nitrogens with zero attached hydrogens (tertiary/aromatic N) is 1. The minimum Gasteiger partial charge on any atom is -0.399 e. The SMILES string of the molecule is CCN(Cc1ccc(N)c(C)c1)C(C)COC. The molecule has 1 aromatic rings. The van der Waals surface area contributed by atoms with Crippen LogP contribution in [0, 0.1) is 6.92 Å². The molecule has 0 aliphatic heterocycles. The molecule has 0 radical (unpaired) electrons. The van der Waals surface area contributed by atoms with Crippen LogP contribution in [0.25, 0.3) is 0 Å². The number of anilines is 1. The molecule has 0 saturated heterocycles. The summed E-state index contributed by atoms with van der Waals surface area (Å²) in [6.45, 7) is 9.15. The summed E-state index contributed by atoms with van der Waals surface area (Å²) < 4.78 is 5.21. The highest BCUT2D eigenvalue weighted by Gasteiger charge is 2.12. The Hall–Kier alpha value is -1.06. The second-order valence-electron chi connectivity index (χ2n) is 4.56. The molecular weight excluding hydrogens is 212 g/mol. The topological polar surface area (TPSA) is 38.5 Å². The first-order chi connectivity index (χ1) is 8.08. The van der Waals surface area contributed by atoms with Crippen LogP contribution in [0.15, 0.2) is 18.2 Å². The van der Waals surface area contributed by atoms with Crippen molar-refractivity contribution >= 4 is 5.69 Å². The normalized spacial score (nSPS) is 13.0. The zero-order valence-electron chi connectivity index (χ0n) is 11.4. The van der Waals surface area contributed by atoms with Crippen molar-refractivity contribution in [2.24, 2.45) is 0 Å². The number of benzene rings is 1. The van der Waals surface area contributed by atoms with E-state index in [1.54, 1.807) is 7.11 Å². The van der Waals surface area contributed by atoms with Crippen LogP contribution >= 0.6 is 0 Å². The molecule has 17 heavy (non-hydrogen) atoms. The molecule has 0 spiro atoms. The van der Waals surface area contributed by atoms with E-state index in [4.69, 9.17) is 10.5 Å². The molecule has 3 heteroatoms. The molecule has 0 fully saturated rings. The Morgan fingerprint density at radius 1 is 1.41 bits per heavy atom. The number of nitrogen functional groups attached to an aromatic ring is 1. The highest BCUT2D eigenvalue weighted by molar-refractivity contribution is 5.47. The lowest BCUT2D eigenvalue weighted by Gasteiger charge is -2.27. The van der Waals surface area contributed by atoms with Gasteiger partial charge in [-0.05, 0) is 37.6 Å². The number of hydrogen-bond acceptors (Lipinski definition) is 3. The Bertz CT molecular complexity index is 352. The van der Waals surface area contributed by atoms with Gasteiger partial charge in [-0.3, -0.25) is 4.90 Å². The van der Waals surface area contributed by atoms with E-state index in [0.29, 0.717) is 6.04 Å². The molecule has 0 aliphatic rings. The predicted molar refractivity (Wildman–Crippen MR) is 73.0 cm³/mol. The van der Waals surface area contributed by atoms with Crippen molar-refractivity contribution in [3.63, 3.8) is 0 Å². The van der Waals surface area contributed by atoms with Crippen LogP contribution in [-0.2, 0) is 11.3 Å². The van der Waals surface area contributed by atoms with Crippen LogP contribution in [0.2, 0.25) is 0 Å². The van der Waals surface area contributed by atoms with Crippen LogP contribution in [0.1, 0.15) is 25.0 Å². The maximum atomic E-state index is 5.83. The molecule has 1 atom stereocenters. The minimum absolute atomic E-state index is 0.433. The van der Waals surface area contributed by atoms with Crippen molar-refractivity contribution in [1.29, 1.82) is 0 Å². The molecule has 1 rings (SSSR count). The molecule has 0 aromatic heterocycles. The number of rotatable bonds is 6. The van der Waals surface area contributed by atoms with E-state index in [1.165, 1.54) is 5.56 Å². The zero-order chi connectivity index (χ0) is 12.8. The average Bonchev–Trinajstić information content (AvgIpc) is 2.30. The summed E-state index contributed by atoms with van der Waals surface area (Å²) in [5, 5.41) is 0. The molecule has 1 unspecified atom stereocenters. The number of nitrogens with two attached hydrogens (primary N) is 1. The average molecular weight is 236 g/mol. The van der Waals surface area contributed by atoms with Gasteiger partial charge in [0.2, 0.25) is 0 Å². The van der Waals surface area contributed by atoms with Gasteiger partial charge in [0.25, 0.3) is 0 Å². The summed E-state index contributed by atoms with van der Waals surface area (Å²) >= 11 is 0. The second kappa shape index (κ2) is 6.62. The van der Waals surface area contributed by atoms with Crippen molar-refractivity contribution in [2.75, 3.05) is 26.0 Å². The summed E-state index contributed by atoms with van der Waals surface area (Å²) in [6, 6.07) is 6.68. The molecule has 96 valence electrons. The van der Waals surface area contributed by atoms with Gasteiger partial charge in [-0.15, -0.1) is 0 Å². The standard InChI is InChI=1S/C14H24N2O/c1-5-16(12(3)10-17-4)9-13-6-7-14(15)11(2)8-13/h6-8,12H,5,9-10,15H2,1-4H3. The maximum absolute atomic E-state index is 5.83. The third-order valence-electron chi connectivity index (χ3n) is 3.16. The van der Waals surface area contributed by atoms with E-state index >= 15 is 0 Å². The quantitative estimate of drug-likeness (QED) is 0.771. The predicted octanol–water partition coefficient (Wildman–Crippen LogP) is 2.43. The van der Waals surface area contributed by atoms with Crippen LogP contribution < -0.4 is 5.73 Å². The van der Waals surface area contributed by atoms with Gasteiger partial charge in [0.1, 0.15) is 0 Å². The Labute approximate surface area is 105 Å². The van der Waals surface area contributed by atoms with Gasteiger partial charge in [0.15, 0.2) is 0 Å². The molecular formula is C14H24N2O. The van der Waals surface area contributed by atoms with E-state index < -0.39 is 0 Å². The first-order valence-electron chi connectivity index (χ1n) is 6.16. The van der Waals surface area contributed by atoms with Gasteiger partial charge < -0.3 is 10.5 Å². The van der Waals surface area contributed by atoms with E-state index in [0.717, 1.165) is 30.9 Å². The zero-order valence-corrected chi connectivity index (χ0v) is 11.4. The molecule has 2 N–H and O–H groups in total. The van der Waals surface area contributed by atoms with Gasteiger partial charge in [0.05, 0.1) is 6.61 Å². The van der Waals surface area contributed by atoms with Crippen LogP contribution in [0.5, 0.6) is 0 Å². The maximum Gasteiger partial charge on any atom is 0.0615 e. The Kier molecular flexibility index (Phi) is 5.45. The molecule has 3 nitrogen and oxygen atoms in total. The molecule has 0 bridgehead atoms.